The molecule has 0 atom stereocenters. The van der Waals surface area contributed by atoms with Crippen molar-refractivity contribution >= 4 is 17.6 Å². The smallest absolute Gasteiger partial charge is 0.319 e. The number of anilines is 1. The van der Waals surface area contributed by atoms with Crippen LogP contribution in [0.15, 0.2) is 48.5 Å². The van der Waals surface area contributed by atoms with Gasteiger partial charge >= 0.3 is 6.03 Å². The number of hydrogen-bond donors (Lipinski definition) is 2. The van der Waals surface area contributed by atoms with Gasteiger partial charge in [-0.3, -0.25) is 4.79 Å². The van der Waals surface area contributed by atoms with Crippen LogP contribution in [0.3, 0.4) is 0 Å². The summed E-state index contributed by atoms with van der Waals surface area (Å²) in [5.41, 5.74) is 4.11. The Morgan fingerprint density at radius 2 is 1.69 bits per heavy atom. The number of rotatable bonds is 5. The van der Waals surface area contributed by atoms with Crippen LogP contribution < -0.4 is 10.6 Å². The molecule has 1 aliphatic carbocycles. The molecule has 2 N–H and O–H groups in total. The average molecular weight is 392 g/mol. The number of aryl methyl sites for hydroxylation is 1. The molecule has 29 heavy (non-hydrogen) atoms. The van der Waals surface area contributed by atoms with Crippen molar-refractivity contribution < 1.29 is 9.59 Å². The summed E-state index contributed by atoms with van der Waals surface area (Å²) in [5, 5.41) is 5.73. The van der Waals surface area contributed by atoms with Crippen molar-refractivity contribution in [1.82, 2.24) is 10.2 Å². The molecule has 2 aliphatic heterocycles. The quantitative estimate of drug-likeness (QED) is 0.790. The van der Waals surface area contributed by atoms with Gasteiger partial charge in [0.1, 0.15) is 0 Å². The largest absolute Gasteiger partial charge is 0.338 e. The molecule has 5 heteroatoms. The van der Waals surface area contributed by atoms with E-state index in [0.29, 0.717) is 25.4 Å². The summed E-state index contributed by atoms with van der Waals surface area (Å²) >= 11 is 0. The van der Waals surface area contributed by atoms with Crippen LogP contribution in [0.4, 0.5) is 10.5 Å². The SMILES string of the molecule is Cc1ccc(CNC(=O)Nc2ccc(CN3CCC4CC(CC3=O)C4)cc2)cc1. The number of amides is 3. The van der Waals surface area contributed by atoms with Crippen LogP contribution in [0.1, 0.15) is 42.4 Å². The lowest BCUT2D eigenvalue weighted by Gasteiger charge is -2.40. The van der Waals surface area contributed by atoms with Crippen molar-refractivity contribution in [2.24, 2.45) is 11.8 Å². The van der Waals surface area contributed by atoms with Crippen LogP contribution in [0.2, 0.25) is 0 Å². The Morgan fingerprint density at radius 3 is 2.41 bits per heavy atom. The van der Waals surface area contributed by atoms with E-state index in [0.717, 1.165) is 35.7 Å². The number of nitrogens with zero attached hydrogens (tertiary/aromatic N) is 1. The van der Waals surface area contributed by atoms with Crippen LogP contribution >= 0.6 is 0 Å². The first-order valence-corrected chi connectivity index (χ1v) is 10.5. The van der Waals surface area contributed by atoms with E-state index >= 15 is 0 Å². The maximum atomic E-state index is 12.5. The van der Waals surface area contributed by atoms with E-state index in [9.17, 15) is 9.59 Å². The van der Waals surface area contributed by atoms with Crippen molar-refractivity contribution in [2.75, 3.05) is 11.9 Å². The summed E-state index contributed by atoms with van der Waals surface area (Å²) in [6.07, 6.45) is 4.32. The normalized spacial score (nSPS) is 21.0. The van der Waals surface area contributed by atoms with E-state index in [4.69, 9.17) is 0 Å². The van der Waals surface area contributed by atoms with E-state index in [1.807, 2.05) is 60.4 Å². The average Bonchev–Trinajstić information content (AvgIpc) is 2.67. The highest BCUT2D eigenvalue weighted by Crippen LogP contribution is 2.40. The van der Waals surface area contributed by atoms with Crippen molar-refractivity contribution in [1.29, 1.82) is 0 Å². The summed E-state index contributed by atoms with van der Waals surface area (Å²) in [6, 6.07) is 15.6. The van der Waals surface area contributed by atoms with Gasteiger partial charge in [0.15, 0.2) is 0 Å². The van der Waals surface area contributed by atoms with Gasteiger partial charge in [-0.2, -0.15) is 0 Å². The number of urea groups is 1. The molecule has 0 radical (unpaired) electrons. The molecule has 0 unspecified atom stereocenters. The molecular formula is C24H29N3O2. The second-order valence-corrected chi connectivity index (χ2v) is 8.50. The molecule has 2 saturated heterocycles. The van der Waals surface area contributed by atoms with Gasteiger partial charge in [0.25, 0.3) is 0 Å². The van der Waals surface area contributed by atoms with E-state index in [-0.39, 0.29) is 11.9 Å². The number of benzene rings is 2. The lowest BCUT2D eigenvalue weighted by Crippen LogP contribution is -2.40. The van der Waals surface area contributed by atoms with E-state index in [2.05, 4.69) is 10.6 Å². The maximum Gasteiger partial charge on any atom is 0.319 e. The molecule has 2 heterocycles. The van der Waals surface area contributed by atoms with E-state index in [1.165, 1.54) is 18.4 Å². The summed E-state index contributed by atoms with van der Waals surface area (Å²) < 4.78 is 0. The molecule has 2 bridgehead atoms. The molecule has 0 aromatic heterocycles. The van der Waals surface area contributed by atoms with Crippen LogP contribution in [-0.2, 0) is 17.9 Å². The van der Waals surface area contributed by atoms with Gasteiger partial charge in [-0.1, -0.05) is 42.0 Å². The van der Waals surface area contributed by atoms with Crippen molar-refractivity contribution in [3.8, 4) is 0 Å². The minimum Gasteiger partial charge on any atom is -0.338 e. The van der Waals surface area contributed by atoms with Gasteiger partial charge in [0.05, 0.1) is 0 Å². The molecule has 2 aromatic carbocycles. The van der Waals surface area contributed by atoms with Gasteiger partial charge in [0.2, 0.25) is 5.91 Å². The molecule has 5 rings (SSSR count). The molecule has 3 amide bonds. The number of hydrogen-bond acceptors (Lipinski definition) is 2. The number of carbonyl (C=O) groups excluding carboxylic acids is 2. The Morgan fingerprint density at radius 1 is 1.00 bits per heavy atom. The van der Waals surface area contributed by atoms with Gasteiger partial charge < -0.3 is 15.5 Å². The Hall–Kier alpha value is -2.82. The molecule has 3 aliphatic rings. The molecule has 5 nitrogen and oxygen atoms in total. The van der Waals surface area contributed by atoms with Crippen LogP contribution in [0.25, 0.3) is 0 Å². The first-order valence-electron chi connectivity index (χ1n) is 10.5. The minimum atomic E-state index is -0.225. The van der Waals surface area contributed by atoms with Crippen molar-refractivity contribution in [2.45, 2.75) is 45.7 Å². The predicted octanol–water partition coefficient (Wildman–Crippen LogP) is 4.47. The van der Waals surface area contributed by atoms with E-state index in [1.54, 1.807) is 0 Å². The van der Waals surface area contributed by atoms with Crippen LogP contribution in [0.5, 0.6) is 0 Å². The second kappa shape index (κ2) is 8.68. The predicted molar refractivity (Wildman–Crippen MR) is 114 cm³/mol. The Bertz CT molecular complexity index is 855. The van der Waals surface area contributed by atoms with E-state index < -0.39 is 0 Å². The third-order valence-corrected chi connectivity index (χ3v) is 6.12. The topological polar surface area (TPSA) is 61.4 Å². The Kier molecular flexibility index (Phi) is 5.84. The van der Waals surface area contributed by atoms with Gasteiger partial charge in [0, 0.05) is 31.7 Å². The first-order chi connectivity index (χ1) is 14.0. The second-order valence-electron chi connectivity index (χ2n) is 8.50. The number of nitrogens with one attached hydrogen (secondary N) is 2. The Labute approximate surface area is 172 Å². The highest BCUT2D eigenvalue weighted by molar-refractivity contribution is 5.89. The standard InChI is InChI=1S/C24H29N3O2/c1-17-2-4-18(5-3-17)15-25-24(29)26-22-8-6-19(7-9-22)16-27-11-10-20-12-21(13-20)14-23(27)28/h2-9,20-21H,10-16H2,1H3,(H2,25,26,29). The summed E-state index contributed by atoms with van der Waals surface area (Å²) in [6.45, 7) is 4.04. The summed E-state index contributed by atoms with van der Waals surface area (Å²) in [5.74, 6) is 1.71. The zero-order valence-electron chi connectivity index (χ0n) is 17.0. The number of carbonyl (C=O) groups is 2. The first kappa shape index (κ1) is 19.5. The number of fused-ring (bicyclic) bond motifs is 4. The van der Waals surface area contributed by atoms with Crippen LogP contribution in [0, 0.1) is 18.8 Å². The fourth-order valence-electron chi connectivity index (χ4n) is 4.26. The highest BCUT2D eigenvalue weighted by Gasteiger charge is 2.34. The fraction of sp³-hybridized carbons (Fsp3) is 0.417. The molecule has 3 fully saturated rings. The summed E-state index contributed by atoms with van der Waals surface area (Å²) in [7, 11) is 0. The highest BCUT2D eigenvalue weighted by atomic mass is 16.2. The molecule has 2 aromatic rings. The van der Waals surface area contributed by atoms with Crippen LogP contribution in [-0.4, -0.2) is 23.4 Å². The zero-order valence-corrected chi connectivity index (χ0v) is 17.0. The monoisotopic (exact) mass is 391 g/mol. The zero-order chi connectivity index (χ0) is 20.2. The van der Waals surface area contributed by atoms with Crippen molar-refractivity contribution in [3.63, 3.8) is 0 Å². The fourth-order valence-corrected chi connectivity index (χ4v) is 4.26. The third-order valence-electron chi connectivity index (χ3n) is 6.12. The van der Waals surface area contributed by atoms with Gasteiger partial charge in [-0.05, 0) is 61.3 Å². The summed E-state index contributed by atoms with van der Waals surface area (Å²) in [4.78, 5) is 26.6. The molecule has 152 valence electrons. The lowest BCUT2D eigenvalue weighted by atomic mass is 9.70. The minimum absolute atomic E-state index is 0.225. The lowest BCUT2D eigenvalue weighted by molar-refractivity contribution is -0.136. The maximum absolute atomic E-state index is 12.5. The molecule has 1 saturated carbocycles. The molecular weight excluding hydrogens is 362 g/mol. The van der Waals surface area contributed by atoms with Gasteiger partial charge in [-0.25, -0.2) is 4.79 Å². The molecule has 0 spiro atoms. The van der Waals surface area contributed by atoms with Crippen molar-refractivity contribution in [3.05, 3.63) is 65.2 Å². The Balaban J connectivity index is 1.26. The van der Waals surface area contributed by atoms with Gasteiger partial charge in [-0.15, -0.1) is 0 Å². The third kappa shape index (κ3) is 5.17.